The summed E-state index contributed by atoms with van der Waals surface area (Å²) in [5, 5.41) is 2.53. The van der Waals surface area contributed by atoms with Crippen LogP contribution < -0.4 is 4.90 Å². The first-order valence-corrected chi connectivity index (χ1v) is 13.7. The lowest BCUT2D eigenvalue weighted by molar-refractivity contribution is 1.09. The largest absolute Gasteiger partial charge is 0.338 e. The number of nitrogens with zero attached hydrogens (tertiary/aromatic N) is 2. The van der Waals surface area contributed by atoms with E-state index in [1.54, 1.807) is 0 Å². The van der Waals surface area contributed by atoms with E-state index in [0.29, 0.717) is 0 Å². The number of allylic oxidation sites excluding steroid dienone is 4. The zero-order chi connectivity index (χ0) is 27.3. The Bertz CT molecular complexity index is 1820. The van der Waals surface area contributed by atoms with E-state index in [0.717, 1.165) is 12.2 Å². The van der Waals surface area contributed by atoms with Gasteiger partial charge in [0.1, 0.15) is 0 Å². The molecule has 5 aromatic carbocycles. The number of benzene rings is 5. The lowest BCUT2D eigenvalue weighted by Gasteiger charge is -2.24. The van der Waals surface area contributed by atoms with Crippen LogP contribution in [0.5, 0.6) is 0 Å². The number of rotatable bonds is 8. The van der Waals surface area contributed by atoms with Gasteiger partial charge in [0.25, 0.3) is 0 Å². The predicted octanol–water partition coefficient (Wildman–Crippen LogP) is 10.3. The van der Waals surface area contributed by atoms with Crippen LogP contribution in [0.15, 0.2) is 164 Å². The maximum atomic E-state index is 3.78. The molecule has 2 nitrogen and oxygen atoms in total. The van der Waals surface area contributed by atoms with Gasteiger partial charge in [-0.15, -0.1) is 0 Å². The average Bonchev–Trinajstić information content (AvgIpc) is 3.35. The van der Waals surface area contributed by atoms with Crippen molar-refractivity contribution in [1.29, 1.82) is 0 Å². The Kier molecular flexibility index (Phi) is 7.15. The molecule has 0 bridgehead atoms. The van der Waals surface area contributed by atoms with E-state index in [1.807, 2.05) is 12.2 Å². The lowest BCUT2D eigenvalue weighted by Crippen LogP contribution is -2.17. The Morgan fingerprint density at radius 2 is 1.30 bits per heavy atom. The molecule has 0 radical (unpaired) electrons. The summed E-state index contributed by atoms with van der Waals surface area (Å²) >= 11 is 0. The minimum absolute atomic E-state index is 0.779. The molecule has 1 aromatic heterocycles. The topological polar surface area (TPSA) is 8.17 Å². The third-order valence-electron chi connectivity index (χ3n) is 7.36. The first-order chi connectivity index (χ1) is 19.7. The fourth-order valence-electron chi connectivity index (χ4n) is 5.33. The number of hydrogen-bond acceptors (Lipinski definition) is 1. The van der Waals surface area contributed by atoms with Crippen LogP contribution in [-0.4, -0.2) is 11.1 Å². The zero-order valence-corrected chi connectivity index (χ0v) is 22.7. The first kappa shape index (κ1) is 25.2. The zero-order valence-electron chi connectivity index (χ0n) is 22.7. The molecule has 0 aliphatic rings. The van der Waals surface area contributed by atoms with Crippen molar-refractivity contribution in [3.63, 3.8) is 0 Å². The maximum Gasteiger partial charge on any atom is 0.0541 e. The SMILES string of the molecule is C=C/C=C\C(C)=C/CN(c1ccccc1)c1ccc(-c2ccc3c(c2)c2ccccc2n3-c2ccccc2)cc1. The molecule has 1 heterocycles. The van der Waals surface area contributed by atoms with Crippen molar-refractivity contribution in [3.8, 4) is 16.8 Å². The highest BCUT2D eigenvalue weighted by Gasteiger charge is 2.13. The average molecular weight is 517 g/mol. The van der Waals surface area contributed by atoms with Crippen LogP contribution in [0, 0.1) is 0 Å². The molecule has 0 fully saturated rings. The number of fused-ring (bicyclic) bond motifs is 3. The third-order valence-corrected chi connectivity index (χ3v) is 7.36. The molecule has 0 saturated carbocycles. The van der Waals surface area contributed by atoms with Gasteiger partial charge in [0.05, 0.1) is 11.0 Å². The van der Waals surface area contributed by atoms with Gasteiger partial charge in [0, 0.05) is 34.4 Å². The molecule has 40 heavy (non-hydrogen) atoms. The van der Waals surface area contributed by atoms with Crippen LogP contribution in [0.2, 0.25) is 0 Å². The monoisotopic (exact) mass is 516 g/mol. The Balaban J connectivity index is 1.37. The summed E-state index contributed by atoms with van der Waals surface area (Å²) in [5.74, 6) is 0. The predicted molar refractivity (Wildman–Crippen MR) is 173 cm³/mol. The molecule has 0 atom stereocenters. The van der Waals surface area contributed by atoms with E-state index in [4.69, 9.17) is 0 Å². The summed E-state index contributed by atoms with van der Waals surface area (Å²) < 4.78 is 2.36. The summed E-state index contributed by atoms with van der Waals surface area (Å²) in [4.78, 5) is 2.34. The van der Waals surface area contributed by atoms with Crippen molar-refractivity contribution in [2.24, 2.45) is 0 Å². The van der Waals surface area contributed by atoms with Gasteiger partial charge in [0.2, 0.25) is 0 Å². The fourth-order valence-corrected chi connectivity index (χ4v) is 5.33. The number of para-hydroxylation sites is 3. The third kappa shape index (κ3) is 5.00. The number of aromatic nitrogens is 1. The van der Waals surface area contributed by atoms with Gasteiger partial charge in [-0.1, -0.05) is 109 Å². The normalized spacial score (nSPS) is 11.9. The summed E-state index contributed by atoms with van der Waals surface area (Å²) in [7, 11) is 0. The number of hydrogen-bond donors (Lipinski definition) is 0. The van der Waals surface area contributed by atoms with Gasteiger partial charge >= 0.3 is 0 Å². The van der Waals surface area contributed by atoms with Gasteiger partial charge in [-0.2, -0.15) is 0 Å². The standard InChI is InChI=1S/C38H32N2/c1-3-4-13-29(2)26-27-39(32-14-7-5-8-15-32)33-23-20-30(21-24-33)31-22-25-38-36(28-31)35-18-11-12-19-37(35)40(38)34-16-9-6-10-17-34/h3-26,28H,1,27H2,2H3/b13-4-,29-26-. The van der Waals surface area contributed by atoms with E-state index in [1.165, 1.54) is 49.9 Å². The van der Waals surface area contributed by atoms with Gasteiger partial charge in [-0.25, -0.2) is 0 Å². The fraction of sp³-hybridized carbons (Fsp3) is 0.0526. The van der Waals surface area contributed by atoms with Gasteiger partial charge in [-0.05, 0) is 72.6 Å². The molecule has 0 amide bonds. The molecule has 0 spiro atoms. The van der Waals surface area contributed by atoms with Crippen molar-refractivity contribution < 1.29 is 0 Å². The molecular weight excluding hydrogens is 484 g/mol. The second-order valence-corrected chi connectivity index (χ2v) is 9.96. The minimum atomic E-state index is 0.779. The highest BCUT2D eigenvalue weighted by atomic mass is 15.1. The van der Waals surface area contributed by atoms with Crippen LogP contribution in [0.3, 0.4) is 0 Å². The molecule has 0 aliphatic carbocycles. The smallest absolute Gasteiger partial charge is 0.0541 e. The molecule has 0 unspecified atom stereocenters. The molecular formula is C38H32N2. The molecule has 6 aromatic rings. The van der Waals surface area contributed by atoms with Gasteiger partial charge in [-0.3, -0.25) is 0 Å². The van der Waals surface area contributed by atoms with Crippen molar-refractivity contribution in [2.75, 3.05) is 11.4 Å². The molecule has 6 rings (SSSR count). The van der Waals surface area contributed by atoms with Crippen molar-refractivity contribution in [1.82, 2.24) is 4.57 Å². The number of anilines is 2. The van der Waals surface area contributed by atoms with Crippen molar-refractivity contribution in [2.45, 2.75) is 6.92 Å². The summed E-state index contributed by atoms with van der Waals surface area (Å²) in [6, 6.07) is 45.6. The van der Waals surface area contributed by atoms with Crippen molar-refractivity contribution >= 4 is 33.2 Å². The van der Waals surface area contributed by atoms with E-state index in [-0.39, 0.29) is 0 Å². The van der Waals surface area contributed by atoms with Crippen LogP contribution >= 0.6 is 0 Å². The summed E-state index contributed by atoms with van der Waals surface area (Å²) in [5.41, 5.74) is 9.58. The highest BCUT2D eigenvalue weighted by molar-refractivity contribution is 6.10. The maximum absolute atomic E-state index is 3.78. The van der Waals surface area contributed by atoms with E-state index in [2.05, 4.69) is 163 Å². The Hall–Kier alpha value is -5.08. The first-order valence-electron chi connectivity index (χ1n) is 13.7. The second kappa shape index (κ2) is 11.3. The molecule has 194 valence electrons. The van der Waals surface area contributed by atoms with E-state index < -0.39 is 0 Å². The van der Waals surface area contributed by atoms with Crippen LogP contribution in [0.25, 0.3) is 38.6 Å². The van der Waals surface area contributed by atoms with Gasteiger partial charge < -0.3 is 9.47 Å². The molecule has 2 heteroatoms. The Morgan fingerprint density at radius 3 is 2.05 bits per heavy atom. The Labute approximate surface area is 236 Å². The van der Waals surface area contributed by atoms with Gasteiger partial charge in [0.15, 0.2) is 0 Å². The molecule has 0 N–H and O–H groups in total. The highest BCUT2D eigenvalue weighted by Crippen LogP contribution is 2.35. The summed E-state index contributed by atoms with van der Waals surface area (Å²) in [6.07, 6.45) is 8.12. The van der Waals surface area contributed by atoms with E-state index in [9.17, 15) is 0 Å². The molecule has 0 aliphatic heterocycles. The minimum Gasteiger partial charge on any atom is -0.338 e. The quantitative estimate of drug-likeness (QED) is 0.183. The lowest BCUT2D eigenvalue weighted by atomic mass is 10.0. The Morgan fingerprint density at radius 1 is 0.675 bits per heavy atom. The van der Waals surface area contributed by atoms with Crippen LogP contribution in [-0.2, 0) is 0 Å². The second-order valence-electron chi connectivity index (χ2n) is 9.96. The molecule has 0 saturated heterocycles. The van der Waals surface area contributed by atoms with E-state index >= 15 is 0 Å². The van der Waals surface area contributed by atoms with Crippen molar-refractivity contribution in [3.05, 3.63) is 164 Å². The van der Waals surface area contributed by atoms with Crippen LogP contribution in [0.4, 0.5) is 11.4 Å². The summed E-state index contributed by atoms with van der Waals surface area (Å²) in [6.45, 7) is 6.68. The van der Waals surface area contributed by atoms with Crippen LogP contribution in [0.1, 0.15) is 6.92 Å².